The van der Waals surface area contributed by atoms with E-state index in [0.29, 0.717) is 12.2 Å². The van der Waals surface area contributed by atoms with Gasteiger partial charge in [0.15, 0.2) is 11.5 Å². The van der Waals surface area contributed by atoms with E-state index in [2.05, 4.69) is 26.6 Å². The molecule has 0 aliphatic rings. The number of aromatic nitrogens is 5. The third kappa shape index (κ3) is 2.07. The van der Waals surface area contributed by atoms with E-state index >= 15 is 0 Å². The van der Waals surface area contributed by atoms with Gasteiger partial charge < -0.3 is 5.32 Å². The molecule has 0 radical (unpaired) electrons. The van der Waals surface area contributed by atoms with Gasteiger partial charge in [0, 0.05) is 25.5 Å². The molecule has 20 heavy (non-hydrogen) atoms. The van der Waals surface area contributed by atoms with Crippen LogP contribution < -0.4 is 5.32 Å². The van der Waals surface area contributed by atoms with Gasteiger partial charge in [-0.1, -0.05) is 0 Å². The second-order valence-electron chi connectivity index (χ2n) is 4.50. The molecule has 0 saturated heterocycles. The summed E-state index contributed by atoms with van der Waals surface area (Å²) in [5.74, 6) is 0.688. The lowest BCUT2D eigenvalue weighted by molar-refractivity contribution is 0.732. The van der Waals surface area contributed by atoms with E-state index in [4.69, 9.17) is 5.26 Å². The van der Waals surface area contributed by atoms with Gasteiger partial charge in [-0.15, -0.1) is 0 Å². The van der Waals surface area contributed by atoms with E-state index in [0.717, 1.165) is 22.7 Å². The van der Waals surface area contributed by atoms with Gasteiger partial charge in [0.25, 0.3) is 0 Å². The molecule has 3 rings (SSSR count). The lowest BCUT2D eigenvalue weighted by Crippen LogP contribution is -2.01. The minimum absolute atomic E-state index is 0.333. The van der Waals surface area contributed by atoms with Crippen molar-refractivity contribution in [1.82, 2.24) is 24.4 Å². The molecule has 3 aromatic rings. The van der Waals surface area contributed by atoms with Gasteiger partial charge in [-0.2, -0.15) is 15.5 Å². The second kappa shape index (κ2) is 4.66. The van der Waals surface area contributed by atoms with Gasteiger partial charge in [-0.05, 0) is 13.0 Å². The molecule has 0 fully saturated rings. The predicted octanol–water partition coefficient (Wildman–Crippen LogP) is 1.58. The molecule has 0 aliphatic carbocycles. The Bertz CT molecular complexity index is 806. The van der Waals surface area contributed by atoms with Crippen molar-refractivity contribution >= 4 is 17.2 Å². The van der Waals surface area contributed by atoms with Crippen molar-refractivity contribution < 1.29 is 0 Å². The Hall–Kier alpha value is -2.88. The minimum atomic E-state index is 0.333. The minimum Gasteiger partial charge on any atom is -0.336 e. The van der Waals surface area contributed by atoms with Crippen LogP contribution in [0.3, 0.4) is 0 Å². The fourth-order valence-corrected chi connectivity index (χ4v) is 2.09. The maximum Gasteiger partial charge on any atom is 0.177 e. The summed E-state index contributed by atoms with van der Waals surface area (Å²) in [7, 11) is 1.82. The van der Waals surface area contributed by atoms with Crippen LogP contribution in [0.25, 0.3) is 5.65 Å². The third-order valence-electron chi connectivity index (χ3n) is 2.98. The maximum absolute atomic E-state index is 8.76. The van der Waals surface area contributed by atoms with Gasteiger partial charge in [0.1, 0.15) is 0 Å². The highest BCUT2D eigenvalue weighted by atomic mass is 15.3. The van der Waals surface area contributed by atoms with Crippen molar-refractivity contribution in [2.45, 2.75) is 13.3 Å². The van der Waals surface area contributed by atoms with Crippen LogP contribution in [0.1, 0.15) is 11.4 Å². The number of hydrogen-bond acceptors (Lipinski definition) is 5. The number of hydrogen-bond donors (Lipinski definition) is 1. The van der Waals surface area contributed by atoms with Gasteiger partial charge in [-0.3, -0.25) is 4.68 Å². The third-order valence-corrected chi connectivity index (χ3v) is 2.98. The summed E-state index contributed by atoms with van der Waals surface area (Å²) in [4.78, 5) is 4.27. The Morgan fingerprint density at radius 3 is 3.00 bits per heavy atom. The zero-order valence-electron chi connectivity index (χ0n) is 11.2. The van der Waals surface area contributed by atoms with E-state index in [1.165, 1.54) is 0 Å². The number of nitrogens with zero attached hydrogens (tertiary/aromatic N) is 6. The molecule has 7 nitrogen and oxygen atoms in total. The molecule has 0 atom stereocenters. The molecule has 0 saturated carbocycles. The van der Waals surface area contributed by atoms with Gasteiger partial charge in [0.05, 0.1) is 29.6 Å². The van der Waals surface area contributed by atoms with Crippen LogP contribution in [0.15, 0.2) is 24.5 Å². The van der Waals surface area contributed by atoms with E-state index < -0.39 is 0 Å². The molecule has 0 aromatic carbocycles. The summed E-state index contributed by atoms with van der Waals surface area (Å²) in [5, 5.41) is 20.7. The Balaban J connectivity index is 1.99. The summed E-state index contributed by atoms with van der Waals surface area (Å²) < 4.78 is 3.42. The van der Waals surface area contributed by atoms with Crippen LogP contribution in [0.4, 0.5) is 11.5 Å². The van der Waals surface area contributed by atoms with E-state index in [1.807, 2.05) is 26.1 Å². The number of nitrogens with one attached hydrogen (secondary N) is 1. The number of aryl methyl sites for hydroxylation is 2. The molecule has 3 aromatic heterocycles. The molecule has 0 amide bonds. The van der Waals surface area contributed by atoms with Crippen LogP contribution in [0.2, 0.25) is 0 Å². The molecule has 3 heterocycles. The van der Waals surface area contributed by atoms with Crippen molar-refractivity contribution in [3.63, 3.8) is 0 Å². The highest BCUT2D eigenvalue weighted by Crippen LogP contribution is 2.21. The summed E-state index contributed by atoms with van der Waals surface area (Å²) >= 11 is 0. The highest BCUT2D eigenvalue weighted by Gasteiger charge is 2.09. The number of rotatable bonds is 3. The van der Waals surface area contributed by atoms with Crippen molar-refractivity contribution in [3.8, 4) is 6.07 Å². The van der Waals surface area contributed by atoms with Crippen LogP contribution >= 0.6 is 0 Å². The lowest BCUT2D eigenvalue weighted by Gasteiger charge is -2.05. The molecule has 100 valence electrons. The number of imidazole rings is 1. The maximum atomic E-state index is 8.76. The first-order valence-corrected chi connectivity index (χ1v) is 6.15. The summed E-state index contributed by atoms with van der Waals surface area (Å²) in [6.45, 7) is 1.92. The van der Waals surface area contributed by atoms with Crippen LogP contribution in [-0.2, 0) is 13.5 Å². The first kappa shape index (κ1) is 12.2. The first-order chi connectivity index (χ1) is 9.67. The lowest BCUT2D eigenvalue weighted by atomic mass is 10.3. The van der Waals surface area contributed by atoms with Crippen molar-refractivity contribution in [2.24, 2.45) is 7.05 Å². The van der Waals surface area contributed by atoms with Crippen molar-refractivity contribution in [3.05, 3.63) is 35.9 Å². The van der Waals surface area contributed by atoms with Crippen molar-refractivity contribution in [2.75, 3.05) is 5.32 Å². The Kier molecular flexibility index (Phi) is 2.84. The summed E-state index contributed by atoms with van der Waals surface area (Å²) in [5.41, 5.74) is 3.32. The Labute approximate surface area is 115 Å². The number of fused-ring (bicyclic) bond motifs is 1. The average molecular weight is 267 g/mol. The topological polar surface area (TPSA) is 83.8 Å². The highest BCUT2D eigenvalue weighted by molar-refractivity contribution is 5.72. The second-order valence-corrected chi connectivity index (χ2v) is 4.50. The molecule has 0 spiro atoms. The standard InChI is InChI=1S/C13H13N7/c1-9-7-11(13-15-5-6-20(13)17-9)16-12-8-10(3-4-14)19(2)18-12/h5-8H,3H2,1-2H3,(H,16,18). The van der Waals surface area contributed by atoms with Gasteiger partial charge in [0.2, 0.25) is 0 Å². The fourth-order valence-electron chi connectivity index (χ4n) is 2.09. The molecule has 1 N–H and O–H groups in total. The average Bonchev–Trinajstić information content (AvgIpc) is 2.97. The molecular formula is C13H13N7. The van der Waals surface area contributed by atoms with E-state index in [1.54, 1.807) is 21.6 Å². The Morgan fingerprint density at radius 1 is 1.35 bits per heavy atom. The summed E-state index contributed by atoms with van der Waals surface area (Å²) in [6.07, 6.45) is 3.83. The zero-order valence-corrected chi connectivity index (χ0v) is 11.2. The normalized spacial score (nSPS) is 10.7. The number of anilines is 2. The van der Waals surface area contributed by atoms with Crippen LogP contribution in [0.5, 0.6) is 0 Å². The summed E-state index contributed by atoms with van der Waals surface area (Å²) in [6, 6.07) is 5.90. The van der Waals surface area contributed by atoms with Crippen LogP contribution in [0, 0.1) is 18.3 Å². The molecule has 0 unspecified atom stereocenters. The molecule has 0 bridgehead atoms. The predicted molar refractivity (Wildman–Crippen MR) is 73.5 cm³/mol. The SMILES string of the molecule is Cc1cc(Nc2cc(CC#N)n(C)n2)c2nccn2n1. The van der Waals surface area contributed by atoms with Gasteiger partial charge >= 0.3 is 0 Å². The zero-order chi connectivity index (χ0) is 14.1. The molecule has 7 heteroatoms. The largest absolute Gasteiger partial charge is 0.336 e. The van der Waals surface area contributed by atoms with Gasteiger partial charge in [-0.25, -0.2) is 9.50 Å². The smallest absolute Gasteiger partial charge is 0.177 e. The molecule has 0 aliphatic heterocycles. The first-order valence-electron chi connectivity index (χ1n) is 6.15. The Morgan fingerprint density at radius 2 is 2.20 bits per heavy atom. The van der Waals surface area contributed by atoms with Crippen molar-refractivity contribution in [1.29, 1.82) is 5.26 Å². The molecular weight excluding hydrogens is 254 g/mol. The van der Waals surface area contributed by atoms with Crippen LogP contribution in [-0.4, -0.2) is 24.4 Å². The number of nitriles is 1. The fraction of sp³-hybridized carbons (Fsp3) is 0.231. The van der Waals surface area contributed by atoms with E-state index in [9.17, 15) is 0 Å². The van der Waals surface area contributed by atoms with E-state index in [-0.39, 0.29) is 0 Å². The monoisotopic (exact) mass is 267 g/mol. The quantitative estimate of drug-likeness (QED) is 0.779.